The van der Waals surface area contributed by atoms with Crippen LogP contribution in [-0.4, -0.2) is 24.0 Å². The summed E-state index contributed by atoms with van der Waals surface area (Å²) in [4.78, 5) is 14.7. The van der Waals surface area contributed by atoms with Crippen LogP contribution in [0.2, 0.25) is 0 Å². The summed E-state index contributed by atoms with van der Waals surface area (Å²) < 4.78 is 17.7. The Morgan fingerprint density at radius 3 is 2.27 bits per heavy atom. The molecule has 1 heterocycles. The Bertz CT molecular complexity index is 1210. The zero-order valence-corrected chi connectivity index (χ0v) is 19.1. The Balaban J connectivity index is 1.22. The van der Waals surface area contributed by atoms with Crippen molar-refractivity contribution < 1.29 is 19.0 Å². The minimum absolute atomic E-state index is 0.143. The van der Waals surface area contributed by atoms with Gasteiger partial charge in [0, 0.05) is 36.0 Å². The van der Waals surface area contributed by atoms with Gasteiger partial charge in [0.15, 0.2) is 0 Å². The minimum atomic E-state index is 0.143. The molecule has 0 saturated carbocycles. The van der Waals surface area contributed by atoms with Gasteiger partial charge < -0.3 is 19.2 Å². The van der Waals surface area contributed by atoms with Crippen LogP contribution in [0.3, 0.4) is 0 Å². The Kier molecular flexibility index (Phi) is 7.30. The fourth-order valence-electron chi connectivity index (χ4n) is 3.61. The van der Waals surface area contributed by atoms with Crippen molar-refractivity contribution in [3.8, 4) is 17.2 Å². The van der Waals surface area contributed by atoms with Gasteiger partial charge in [-0.25, -0.2) is 0 Å². The third-order valence-electron chi connectivity index (χ3n) is 5.34. The van der Waals surface area contributed by atoms with Crippen LogP contribution in [0.4, 0.5) is 0 Å². The molecule has 0 aliphatic heterocycles. The molecule has 0 fully saturated rings. The number of aromatic nitrogens is 1. The summed E-state index contributed by atoms with van der Waals surface area (Å²) >= 11 is 0. The highest BCUT2D eigenvalue weighted by molar-refractivity contribution is 5.89. The lowest BCUT2D eigenvalue weighted by molar-refractivity contribution is -0.116. The number of ether oxygens (including phenoxy) is 3. The highest BCUT2D eigenvalue weighted by atomic mass is 16.5. The van der Waals surface area contributed by atoms with Gasteiger partial charge in [0.05, 0.1) is 13.2 Å². The molecule has 0 atom stereocenters. The molecule has 0 aliphatic carbocycles. The first-order valence-electron chi connectivity index (χ1n) is 11.2. The molecule has 5 heteroatoms. The smallest absolute Gasteiger partial charge is 0.134 e. The van der Waals surface area contributed by atoms with Crippen LogP contribution in [0.1, 0.15) is 30.0 Å². The summed E-state index contributed by atoms with van der Waals surface area (Å²) in [6.07, 6.45) is 3.06. The summed E-state index contributed by atoms with van der Waals surface area (Å²) in [7, 11) is 0. The Hall–Kier alpha value is -3.73. The monoisotopic (exact) mass is 443 g/mol. The van der Waals surface area contributed by atoms with Crippen molar-refractivity contribution in [3.05, 3.63) is 89.6 Å². The fourth-order valence-corrected chi connectivity index (χ4v) is 3.61. The number of rotatable bonds is 11. The zero-order valence-electron chi connectivity index (χ0n) is 19.1. The van der Waals surface area contributed by atoms with E-state index in [1.54, 1.807) is 6.92 Å². The predicted octanol–water partition coefficient (Wildman–Crippen LogP) is 6.03. The van der Waals surface area contributed by atoms with Gasteiger partial charge in [-0.1, -0.05) is 35.9 Å². The molecule has 3 aromatic carbocycles. The second-order valence-electron chi connectivity index (χ2n) is 8.20. The van der Waals surface area contributed by atoms with E-state index in [4.69, 9.17) is 14.2 Å². The maximum absolute atomic E-state index is 11.5. The van der Waals surface area contributed by atoms with E-state index in [1.807, 2.05) is 48.7 Å². The summed E-state index contributed by atoms with van der Waals surface area (Å²) in [5.41, 5.74) is 4.37. The molecular formula is C28H29NO4. The van der Waals surface area contributed by atoms with Crippen molar-refractivity contribution in [2.75, 3.05) is 13.2 Å². The maximum atomic E-state index is 11.5. The fraction of sp³-hybridized carbons (Fsp3) is 0.250. The number of nitrogens with one attached hydrogen (secondary N) is 1. The van der Waals surface area contributed by atoms with Gasteiger partial charge in [-0.15, -0.1) is 0 Å². The van der Waals surface area contributed by atoms with Crippen molar-refractivity contribution in [1.82, 2.24) is 4.98 Å². The van der Waals surface area contributed by atoms with Crippen molar-refractivity contribution in [3.63, 3.8) is 0 Å². The normalized spacial score (nSPS) is 10.8. The highest BCUT2D eigenvalue weighted by Crippen LogP contribution is 2.25. The number of aryl methyl sites for hydroxylation is 1. The lowest BCUT2D eigenvalue weighted by Crippen LogP contribution is -2.05. The van der Waals surface area contributed by atoms with Crippen LogP contribution in [0.25, 0.3) is 10.9 Å². The van der Waals surface area contributed by atoms with E-state index in [-0.39, 0.29) is 5.78 Å². The van der Waals surface area contributed by atoms with Crippen LogP contribution in [0.15, 0.2) is 72.9 Å². The molecule has 5 nitrogen and oxygen atoms in total. The first-order chi connectivity index (χ1) is 16.1. The van der Waals surface area contributed by atoms with Crippen LogP contribution >= 0.6 is 0 Å². The third kappa shape index (κ3) is 6.39. The quantitative estimate of drug-likeness (QED) is 0.287. The number of aromatic amines is 1. The van der Waals surface area contributed by atoms with Crippen molar-refractivity contribution in [1.29, 1.82) is 0 Å². The molecule has 0 radical (unpaired) electrons. The molecule has 1 aromatic heterocycles. The van der Waals surface area contributed by atoms with E-state index in [2.05, 4.69) is 36.2 Å². The number of Topliss-reactive ketones (excluding diaryl/α,β-unsaturated/α-hetero) is 1. The van der Waals surface area contributed by atoms with Gasteiger partial charge >= 0.3 is 0 Å². The molecule has 0 spiro atoms. The number of carbonyl (C=O) groups excluding carboxylic acids is 1. The predicted molar refractivity (Wildman–Crippen MR) is 130 cm³/mol. The standard InChI is InChI=1S/C28H29NO4/c1-20-7-9-22(10-8-20)19-33-25-6-3-5-24(16-25)31-13-4-14-32-26-11-12-28-27(17-26)23(18-29-28)15-21(2)30/h3,5-12,16-18,29H,4,13-15,19H2,1-2H3. The van der Waals surface area contributed by atoms with Gasteiger partial charge in [0.2, 0.25) is 0 Å². The van der Waals surface area contributed by atoms with Crippen LogP contribution < -0.4 is 14.2 Å². The molecule has 0 amide bonds. The first-order valence-corrected chi connectivity index (χ1v) is 11.2. The van der Waals surface area contributed by atoms with E-state index in [0.717, 1.165) is 45.7 Å². The summed E-state index contributed by atoms with van der Waals surface area (Å²) in [6.45, 7) is 5.29. The van der Waals surface area contributed by atoms with E-state index < -0.39 is 0 Å². The minimum Gasteiger partial charge on any atom is -0.493 e. The Morgan fingerprint density at radius 2 is 1.55 bits per heavy atom. The van der Waals surface area contributed by atoms with E-state index in [1.165, 1.54) is 5.56 Å². The summed E-state index contributed by atoms with van der Waals surface area (Å²) in [5.74, 6) is 2.49. The zero-order chi connectivity index (χ0) is 23.0. The third-order valence-corrected chi connectivity index (χ3v) is 5.34. The SMILES string of the molecule is CC(=O)Cc1c[nH]c2ccc(OCCCOc3cccc(OCc4ccc(C)cc4)c3)cc12. The Labute approximate surface area is 194 Å². The van der Waals surface area contributed by atoms with E-state index in [9.17, 15) is 4.79 Å². The summed E-state index contributed by atoms with van der Waals surface area (Å²) in [5, 5.41) is 1.03. The molecule has 1 N–H and O–H groups in total. The lowest BCUT2D eigenvalue weighted by atomic mass is 10.1. The number of benzene rings is 3. The van der Waals surface area contributed by atoms with Crippen molar-refractivity contribution >= 4 is 16.7 Å². The molecular weight excluding hydrogens is 414 g/mol. The molecule has 33 heavy (non-hydrogen) atoms. The van der Waals surface area contributed by atoms with Gasteiger partial charge in [-0.2, -0.15) is 0 Å². The number of hydrogen-bond acceptors (Lipinski definition) is 4. The van der Waals surface area contributed by atoms with E-state index >= 15 is 0 Å². The van der Waals surface area contributed by atoms with Crippen LogP contribution in [-0.2, 0) is 17.8 Å². The topological polar surface area (TPSA) is 60.6 Å². The molecule has 0 aliphatic rings. The summed E-state index contributed by atoms with van der Waals surface area (Å²) in [6, 6.07) is 21.9. The number of fused-ring (bicyclic) bond motifs is 1. The maximum Gasteiger partial charge on any atom is 0.134 e. The number of carbonyl (C=O) groups is 1. The lowest BCUT2D eigenvalue weighted by Gasteiger charge is -2.11. The molecule has 4 rings (SSSR count). The average Bonchev–Trinajstić information content (AvgIpc) is 3.20. The molecule has 0 saturated heterocycles. The van der Waals surface area contributed by atoms with Crippen LogP contribution in [0, 0.1) is 6.92 Å². The van der Waals surface area contributed by atoms with Gasteiger partial charge in [-0.05, 0) is 55.3 Å². The van der Waals surface area contributed by atoms with Gasteiger partial charge in [0.25, 0.3) is 0 Å². The van der Waals surface area contributed by atoms with Crippen LogP contribution in [0.5, 0.6) is 17.2 Å². The molecule has 0 bridgehead atoms. The second kappa shape index (κ2) is 10.7. The largest absolute Gasteiger partial charge is 0.493 e. The number of ketones is 1. The van der Waals surface area contributed by atoms with Gasteiger partial charge in [-0.3, -0.25) is 4.79 Å². The molecule has 4 aromatic rings. The first kappa shape index (κ1) is 22.5. The highest BCUT2D eigenvalue weighted by Gasteiger charge is 2.07. The molecule has 170 valence electrons. The second-order valence-corrected chi connectivity index (χ2v) is 8.20. The van der Waals surface area contributed by atoms with Crippen molar-refractivity contribution in [2.45, 2.75) is 33.3 Å². The molecule has 0 unspecified atom stereocenters. The number of hydrogen-bond donors (Lipinski definition) is 1. The Morgan fingerprint density at radius 1 is 0.848 bits per heavy atom. The average molecular weight is 444 g/mol. The van der Waals surface area contributed by atoms with E-state index in [0.29, 0.717) is 26.2 Å². The van der Waals surface area contributed by atoms with Crippen molar-refractivity contribution in [2.24, 2.45) is 0 Å². The van der Waals surface area contributed by atoms with Gasteiger partial charge in [0.1, 0.15) is 29.6 Å². The number of H-pyrrole nitrogens is 1.